The van der Waals surface area contributed by atoms with E-state index < -0.39 is 0 Å². The molecule has 5 nitrogen and oxygen atoms in total. The Labute approximate surface area is 287 Å². The van der Waals surface area contributed by atoms with Gasteiger partial charge >= 0.3 is 0 Å². The maximum Gasteiger partial charge on any atom is 0.149 e. The van der Waals surface area contributed by atoms with E-state index in [-0.39, 0.29) is 26.8 Å². The number of hydrogen-bond donors (Lipinski definition) is 1. The van der Waals surface area contributed by atoms with E-state index in [1.54, 1.807) is 6.07 Å². The molecule has 5 aromatic heterocycles. The molecular weight excluding hydrogens is 772 g/mol. The second kappa shape index (κ2) is 9.87. The van der Waals surface area contributed by atoms with E-state index in [0.717, 1.165) is 71.6 Å². The number of hydrogen-bond acceptors (Lipinski definition) is 3. The number of rotatable bonds is 2. The van der Waals surface area contributed by atoms with Gasteiger partial charge in [-0.2, -0.15) is 0 Å². The number of benzene rings is 6. The molecule has 0 saturated heterocycles. The van der Waals surface area contributed by atoms with Crippen LogP contribution in [-0.2, 0) is 21.1 Å². The summed E-state index contributed by atoms with van der Waals surface area (Å²) in [5.74, 6) is 0.223. The van der Waals surface area contributed by atoms with Crippen molar-refractivity contribution in [3.05, 3.63) is 140 Å². The molecule has 228 valence electrons. The van der Waals surface area contributed by atoms with Crippen LogP contribution < -0.4 is 0 Å². The molecule has 0 saturated carbocycles. The molecule has 5 heterocycles. The first-order valence-corrected chi connectivity index (χ1v) is 15.7. The number of nitrogens with zero attached hydrogens (tertiary/aromatic N) is 4. The number of para-hydroxylation sites is 4. The molecule has 6 heteroatoms. The number of aromatic nitrogens is 4. The van der Waals surface area contributed by atoms with Crippen LogP contribution in [0.3, 0.4) is 0 Å². The summed E-state index contributed by atoms with van der Waals surface area (Å²) in [5.41, 5.74) is 10.9. The topological polar surface area (TPSA) is 54.8 Å². The van der Waals surface area contributed by atoms with Crippen molar-refractivity contribution in [3.8, 4) is 28.1 Å². The molecule has 1 N–H and O–H groups in total. The second-order valence-corrected chi connectivity index (χ2v) is 12.3. The molecule has 0 spiro atoms. The maximum absolute atomic E-state index is 11.1. The predicted octanol–water partition coefficient (Wildman–Crippen LogP) is 10.2. The van der Waals surface area contributed by atoms with Gasteiger partial charge in [0.1, 0.15) is 11.4 Å². The van der Waals surface area contributed by atoms with E-state index in [1.165, 1.54) is 27.2 Å². The van der Waals surface area contributed by atoms with Gasteiger partial charge in [0.05, 0.1) is 38.5 Å². The zero-order valence-electron chi connectivity index (χ0n) is 25.3. The Bertz CT molecular complexity index is 3100. The molecule has 0 radical (unpaired) electrons. The van der Waals surface area contributed by atoms with Crippen molar-refractivity contribution in [3.63, 3.8) is 0 Å². The quantitative estimate of drug-likeness (QED) is 0.140. The minimum Gasteiger partial charge on any atom is -0.507 e. The Morgan fingerprint density at radius 2 is 1.17 bits per heavy atom. The van der Waals surface area contributed by atoms with E-state index in [1.807, 2.05) is 24.4 Å². The van der Waals surface area contributed by atoms with Crippen molar-refractivity contribution in [1.29, 1.82) is 0 Å². The first-order valence-electron chi connectivity index (χ1n) is 15.7. The van der Waals surface area contributed by atoms with Gasteiger partial charge in [0.25, 0.3) is 0 Å². The summed E-state index contributed by atoms with van der Waals surface area (Å²) >= 11 is 0. The van der Waals surface area contributed by atoms with E-state index in [2.05, 4.69) is 118 Å². The van der Waals surface area contributed by atoms with Gasteiger partial charge in [-0.1, -0.05) is 90.0 Å². The van der Waals surface area contributed by atoms with Crippen molar-refractivity contribution in [2.75, 3.05) is 0 Å². The standard InChI is InChI=1S/C42H23N4O.Pt/c47-38-20-8-14-29-27-11-1-4-18-35(27)46-36-19-7-13-26(40(36)44-42(46)39(29)38)24-9-5-10-25(21-24)33-22-37-32(23-43-33)31-16-6-15-30-28-12-2-3-17-34(28)45(37)41(30)31;/h1-20,22-23,47H;/q-1;. The summed E-state index contributed by atoms with van der Waals surface area (Å²) in [6.07, 6.45) is 2.01. The van der Waals surface area contributed by atoms with Crippen LogP contribution in [0.1, 0.15) is 0 Å². The fourth-order valence-electron chi connectivity index (χ4n) is 7.87. The van der Waals surface area contributed by atoms with Crippen LogP contribution >= 0.6 is 0 Å². The zero-order chi connectivity index (χ0) is 30.8. The summed E-state index contributed by atoms with van der Waals surface area (Å²) in [7, 11) is 0. The first kappa shape index (κ1) is 27.4. The molecule has 48 heavy (non-hydrogen) atoms. The third kappa shape index (κ3) is 3.49. The van der Waals surface area contributed by atoms with Crippen LogP contribution in [0.2, 0.25) is 0 Å². The van der Waals surface area contributed by atoms with Crippen LogP contribution in [0, 0.1) is 6.07 Å². The Kier molecular flexibility index (Phi) is 5.62. The fourth-order valence-corrected chi connectivity index (χ4v) is 7.87. The van der Waals surface area contributed by atoms with Crippen molar-refractivity contribution >= 4 is 76.5 Å². The Morgan fingerprint density at radius 1 is 0.542 bits per heavy atom. The van der Waals surface area contributed by atoms with Crippen LogP contribution in [0.5, 0.6) is 5.75 Å². The smallest absolute Gasteiger partial charge is 0.149 e. The van der Waals surface area contributed by atoms with Gasteiger partial charge in [-0.25, -0.2) is 4.98 Å². The normalized spacial score (nSPS) is 12.1. The summed E-state index contributed by atoms with van der Waals surface area (Å²) in [5, 5.41) is 18.7. The number of imidazole rings is 1. The monoisotopic (exact) mass is 794 g/mol. The summed E-state index contributed by atoms with van der Waals surface area (Å²) < 4.78 is 4.55. The van der Waals surface area contributed by atoms with Crippen molar-refractivity contribution in [1.82, 2.24) is 18.8 Å². The number of fused-ring (bicyclic) bond motifs is 14. The molecule has 0 atom stereocenters. The Morgan fingerprint density at radius 3 is 2.02 bits per heavy atom. The molecule has 0 aliphatic heterocycles. The minimum atomic E-state index is 0. The molecule has 0 fully saturated rings. The van der Waals surface area contributed by atoms with Crippen molar-refractivity contribution in [2.45, 2.75) is 0 Å². The van der Waals surface area contributed by atoms with Gasteiger partial charge in [0.2, 0.25) is 0 Å². The molecule has 0 aliphatic rings. The van der Waals surface area contributed by atoms with Gasteiger partial charge in [-0.3, -0.25) is 9.38 Å². The fraction of sp³-hybridized carbons (Fsp3) is 0. The van der Waals surface area contributed by atoms with Gasteiger partial charge in [-0.05, 0) is 35.7 Å². The molecule has 11 aromatic rings. The van der Waals surface area contributed by atoms with Crippen LogP contribution in [0.4, 0.5) is 0 Å². The predicted molar refractivity (Wildman–Crippen MR) is 192 cm³/mol. The molecule has 0 bridgehead atoms. The maximum atomic E-state index is 11.1. The van der Waals surface area contributed by atoms with Crippen LogP contribution in [-0.4, -0.2) is 23.9 Å². The zero-order valence-corrected chi connectivity index (χ0v) is 27.5. The molecule has 0 unspecified atom stereocenters. The van der Waals surface area contributed by atoms with Crippen LogP contribution in [0.15, 0.2) is 134 Å². The average molecular weight is 795 g/mol. The average Bonchev–Trinajstić information content (AvgIpc) is 3.79. The molecule has 6 aromatic carbocycles. The second-order valence-electron chi connectivity index (χ2n) is 12.3. The third-order valence-corrected chi connectivity index (χ3v) is 9.86. The number of aromatic hydroxyl groups is 1. The SMILES string of the molecule is Oc1cccc2c3ccccc3n3c4cccc(-c5[c-]c(-c6cc7c(cn6)c6cccc8c9ccccc9n7c86)ccc5)c4nc3c12.[Pt]. The van der Waals surface area contributed by atoms with Gasteiger partial charge < -0.3 is 9.51 Å². The van der Waals surface area contributed by atoms with Crippen LogP contribution in [0.25, 0.3) is 98.8 Å². The van der Waals surface area contributed by atoms with E-state index >= 15 is 0 Å². The minimum absolute atomic E-state index is 0. The number of pyridine rings is 2. The first-order chi connectivity index (χ1) is 23.2. The summed E-state index contributed by atoms with van der Waals surface area (Å²) in [6, 6.07) is 47.5. The van der Waals surface area contributed by atoms with Gasteiger partial charge in [-0.15, -0.1) is 29.8 Å². The van der Waals surface area contributed by atoms with Gasteiger partial charge in [0.15, 0.2) is 0 Å². The summed E-state index contributed by atoms with van der Waals surface area (Å²) in [4.78, 5) is 10.2. The Balaban J connectivity index is 0.00000295. The molecule has 11 rings (SSSR count). The largest absolute Gasteiger partial charge is 0.507 e. The van der Waals surface area contributed by atoms with E-state index in [0.29, 0.717) is 0 Å². The molecule has 0 amide bonds. The third-order valence-electron chi connectivity index (χ3n) is 9.86. The number of phenolic OH excluding ortho intramolecular Hbond substituents is 1. The van der Waals surface area contributed by atoms with E-state index in [9.17, 15) is 5.11 Å². The van der Waals surface area contributed by atoms with E-state index in [4.69, 9.17) is 9.97 Å². The Hall–Kier alpha value is -5.77. The molecular formula is C42H23N4OPt-. The van der Waals surface area contributed by atoms with Gasteiger partial charge in [0, 0.05) is 59.9 Å². The molecule has 0 aliphatic carbocycles. The van der Waals surface area contributed by atoms with Crippen molar-refractivity contribution < 1.29 is 26.2 Å². The van der Waals surface area contributed by atoms with Crippen molar-refractivity contribution in [2.24, 2.45) is 0 Å². The number of phenols is 1. The summed E-state index contributed by atoms with van der Waals surface area (Å²) in [6.45, 7) is 0.